The van der Waals surface area contributed by atoms with Gasteiger partial charge >= 0.3 is 0 Å². The molecule has 1 fully saturated rings. The summed E-state index contributed by atoms with van der Waals surface area (Å²) in [7, 11) is 2.08. The second-order valence-electron chi connectivity index (χ2n) is 6.10. The number of fused-ring (bicyclic) bond motifs is 1. The number of hydrogen-bond acceptors (Lipinski definition) is 2. The van der Waals surface area contributed by atoms with Gasteiger partial charge in [-0.15, -0.1) is 0 Å². The molecule has 1 aromatic rings. The average Bonchev–Trinajstić information content (AvgIpc) is 2.47. The molecule has 1 saturated heterocycles. The van der Waals surface area contributed by atoms with Crippen LogP contribution in [0.3, 0.4) is 0 Å². The summed E-state index contributed by atoms with van der Waals surface area (Å²) in [6, 6.07) is 7.76. The lowest BCUT2D eigenvalue weighted by atomic mass is 9.86. The molecule has 0 spiro atoms. The van der Waals surface area contributed by atoms with Crippen LogP contribution in [0.5, 0.6) is 0 Å². The van der Waals surface area contributed by atoms with E-state index in [4.69, 9.17) is 0 Å². The summed E-state index contributed by atoms with van der Waals surface area (Å²) in [5.74, 6) is 0. The average molecular weight is 258 g/mol. The van der Waals surface area contributed by atoms with Crippen LogP contribution in [0.1, 0.15) is 54.8 Å². The zero-order valence-corrected chi connectivity index (χ0v) is 12.1. The number of rotatable bonds is 3. The molecule has 0 amide bonds. The fraction of sp³-hybridized carbons (Fsp3) is 0.647. The summed E-state index contributed by atoms with van der Waals surface area (Å²) < 4.78 is 0. The Morgan fingerprint density at radius 3 is 2.79 bits per heavy atom. The molecule has 104 valence electrons. The van der Waals surface area contributed by atoms with Crippen LogP contribution in [0, 0.1) is 0 Å². The molecule has 1 heterocycles. The van der Waals surface area contributed by atoms with E-state index < -0.39 is 0 Å². The van der Waals surface area contributed by atoms with Gasteiger partial charge in [0.15, 0.2) is 0 Å². The number of nitrogens with one attached hydrogen (secondary N) is 1. The third-order valence-corrected chi connectivity index (χ3v) is 4.73. The first kappa shape index (κ1) is 13.1. The van der Waals surface area contributed by atoms with Gasteiger partial charge in [0.1, 0.15) is 0 Å². The minimum absolute atomic E-state index is 0.577. The van der Waals surface area contributed by atoms with Gasteiger partial charge in [-0.25, -0.2) is 0 Å². The smallest absolute Gasteiger partial charge is 0.0320 e. The fourth-order valence-electron chi connectivity index (χ4n) is 3.64. The predicted molar refractivity (Wildman–Crippen MR) is 80.3 cm³/mol. The monoisotopic (exact) mass is 258 g/mol. The molecule has 0 bridgehead atoms. The zero-order valence-electron chi connectivity index (χ0n) is 12.1. The maximum atomic E-state index is 3.45. The van der Waals surface area contributed by atoms with E-state index in [-0.39, 0.29) is 0 Å². The van der Waals surface area contributed by atoms with Crippen LogP contribution in [0.25, 0.3) is 0 Å². The van der Waals surface area contributed by atoms with Crippen LogP contribution in [0.15, 0.2) is 18.2 Å². The van der Waals surface area contributed by atoms with E-state index in [1.807, 2.05) is 0 Å². The third kappa shape index (κ3) is 3.01. The summed E-state index contributed by atoms with van der Waals surface area (Å²) in [6.07, 6.45) is 8.06. The first-order valence-electron chi connectivity index (χ1n) is 7.88. The summed E-state index contributed by atoms with van der Waals surface area (Å²) in [5, 5.41) is 3.45. The molecule has 0 saturated carbocycles. The summed E-state index contributed by atoms with van der Waals surface area (Å²) in [6.45, 7) is 3.73. The normalized spacial score (nSPS) is 24.2. The van der Waals surface area contributed by atoms with Gasteiger partial charge in [-0.3, -0.25) is 4.90 Å². The van der Waals surface area contributed by atoms with Gasteiger partial charge in [-0.05, 0) is 68.9 Å². The molecule has 1 N–H and O–H groups in total. The lowest BCUT2D eigenvalue weighted by Crippen LogP contribution is -2.29. The number of benzene rings is 1. The van der Waals surface area contributed by atoms with Crippen molar-refractivity contribution in [3.8, 4) is 0 Å². The van der Waals surface area contributed by atoms with Crippen LogP contribution in [-0.4, -0.2) is 25.0 Å². The van der Waals surface area contributed by atoms with Gasteiger partial charge in [0.05, 0.1) is 0 Å². The highest BCUT2D eigenvalue weighted by Crippen LogP contribution is 2.30. The van der Waals surface area contributed by atoms with Gasteiger partial charge < -0.3 is 5.32 Å². The number of likely N-dealkylation sites (tertiary alicyclic amines) is 1. The second-order valence-corrected chi connectivity index (χ2v) is 6.10. The number of aryl methyl sites for hydroxylation is 1. The number of hydrogen-bond donors (Lipinski definition) is 1. The van der Waals surface area contributed by atoms with Crippen molar-refractivity contribution in [2.75, 3.05) is 20.1 Å². The zero-order chi connectivity index (χ0) is 13.1. The largest absolute Gasteiger partial charge is 0.313 e. The Kier molecular flexibility index (Phi) is 4.19. The van der Waals surface area contributed by atoms with E-state index in [0.717, 1.165) is 6.54 Å². The molecule has 1 aliphatic heterocycles. The SMILES string of the molecule is CN[C@@H]1CCCc2cc(CN3CCCCC3)ccc21. The standard InChI is InChI=1S/C17H26N2/c1-18-17-7-5-6-15-12-14(8-9-16(15)17)13-19-10-3-2-4-11-19/h8-9,12,17-18H,2-7,10-11,13H2,1H3/t17-/m1/s1. The Labute approximate surface area is 117 Å². The first-order chi connectivity index (χ1) is 9.36. The summed E-state index contributed by atoms with van der Waals surface area (Å²) >= 11 is 0. The molecule has 2 heteroatoms. The molecular weight excluding hydrogens is 232 g/mol. The van der Waals surface area contributed by atoms with E-state index >= 15 is 0 Å². The molecule has 3 rings (SSSR count). The Morgan fingerprint density at radius 2 is 2.00 bits per heavy atom. The van der Waals surface area contributed by atoms with Crippen molar-refractivity contribution in [1.29, 1.82) is 0 Å². The van der Waals surface area contributed by atoms with E-state index in [0.29, 0.717) is 6.04 Å². The van der Waals surface area contributed by atoms with Crippen LogP contribution < -0.4 is 5.32 Å². The Balaban J connectivity index is 1.73. The summed E-state index contributed by atoms with van der Waals surface area (Å²) in [4.78, 5) is 2.61. The fourth-order valence-corrected chi connectivity index (χ4v) is 3.64. The minimum atomic E-state index is 0.577. The van der Waals surface area contributed by atoms with Crippen molar-refractivity contribution in [2.24, 2.45) is 0 Å². The van der Waals surface area contributed by atoms with Gasteiger partial charge in [-0.1, -0.05) is 24.6 Å². The van der Waals surface area contributed by atoms with Crippen molar-refractivity contribution >= 4 is 0 Å². The van der Waals surface area contributed by atoms with Crippen LogP contribution in [0.2, 0.25) is 0 Å². The number of nitrogens with zero attached hydrogens (tertiary/aromatic N) is 1. The Bertz CT molecular complexity index is 421. The molecular formula is C17H26N2. The van der Waals surface area contributed by atoms with Crippen LogP contribution >= 0.6 is 0 Å². The van der Waals surface area contributed by atoms with Gasteiger partial charge in [0.25, 0.3) is 0 Å². The summed E-state index contributed by atoms with van der Waals surface area (Å²) in [5.41, 5.74) is 4.63. The topological polar surface area (TPSA) is 15.3 Å². The van der Waals surface area contributed by atoms with Crippen LogP contribution in [0.4, 0.5) is 0 Å². The lowest BCUT2D eigenvalue weighted by Gasteiger charge is -2.28. The molecule has 1 aromatic carbocycles. The lowest BCUT2D eigenvalue weighted by molar-refractivity contribution is 0.221. The van der Waals surface area contributed by atoms with Crippen molar-refractivity contribution in [1.82, 2.24) is 10.2 Å². The predicted octanol–water partition coefficient (Wildman–Crippen LogP) is 3.27. The molecule has 2 nitrogen and oxygen atoms in total. The van der Waals surface area contributed by atoms with Crippen molar-refractivity contribution in [2.45, 2.75) is 51.1 Å². The molecule has 0 radical (unpaired) electrons. The Hall–Kier alpha value is -0.860. The molecule has 0 aromatic heterocycles. The minimum Gasteiger partial charge on any atom is -0.313 e. The molecule has 1 atom stereocenters. The van der Waals surface area contributed by atoms with E-state index in [9.17, 15) is 0 Å². The first-order valence-corrected chi connectivity index (χ1v) is 7.88. The molecule has 19 heavy (non-hydrogen) atoms. The third-order valence-electron chi connectivity index (χ3n) is 4.73. The van der Waals surface area contributed by atoms with E-state index in [1.54, 1.807) is 5.56 Å². The highest BCUT2D eigenvalue weighted by atomic mass is 15.1. The van der Waals surface area contributed by atoms with Gasteiger partial charge in [0.2, 0.25) is 0 Å². The number of piperidine rings is 1. The maximum Gasteiger partial charge on any atom is 0.0320 e. The van der Waals surface area contributed by atoms with E-state index in [1.165, 1.54) is 62.7 Å². The quantitative estimate of drug-likeness (QED) is 0.895. The maximum absolute atomic E-state index is 3.45. The highest BCUT2D eigenvalue weighted by molar-refractivity contribution is 5.36. The molecule has 2 aliphatic rings. The second kappa shape index (κ2) is 6.06. The van der Waals surface area contributed by atoms with E-state index in [2.05, 4.69) is 35.5 Å². The van der Waals surface area contributed by atoms with Crippen molar-refractivity contribution in [3.63, 3.8) is 0 Å². The molecule has 0 unspecified atom stereocenters. The highest BCUT2D eigenvalue weighted by Gasteiger charge is 2.19. The van der Waals surface area contributed by atoms with Crippen LogP contribution in [-0.2, 0) is 13.0 Å². The van der Waals surface area contributed by atoms with Gasteiger partial charge in [-0.2, -0.15) is 0 Å². The van der Waals surface area contributed by atoms with Gasteiger partial charge in [0, 0.05) is 12.6 Å². The molecule has 1 aliphatic carbocycles. The Morgan fingerprint density at radius 1 is 1.16 bits per heavy atom. The van der Waals surface area contributed by atoms with Crippen molar-refractivity contribution < 1.29 is 0 Å². The van der Waals surface area contributed by atoms with Crippen molar-refractivity contribution in [3.05, 3.63) is 34.9 Å².